The number of likely N-dealkylation sites (tertiary alicyclic amines) is 2. The van der Waals surface area contributed by atoms with Crippen LogP contribution in [0.2, 0.25) is 0 Å². The van der Waals surface area contributed by atoms with Crippen LogP contribution in [0.15, 0.2) is 0 Å². The number of hydrogen-bond donors (Lipinski definition) is 4. The van der Waals surface area contributed by atoms with Crippen molar-refractivity contribution in [3.05, 3.63) is 0 Å². The number of rotatable bonds is 15. The standard InChI is InChI=1S/C14H29N3O3.C11H22N2O3/c1-4-6-10-20-15-12-7-8-13(17(3)11-12)14(18)16-19-9-5-2;1-3-4-7-16-12-9-5-6-10(11(14)15)13(2)8-9/h12-13,15H,4-11H2,1-3H3,(H,16,18);9-10,12H,3-8H2,1-2H3,(H,14,15)/t12-,13+;9-,10+/m11/s1. The number of unbranched alkanes of at least 4 members (excludes halogenated alkanes) is 2. The normalized spacial score (nSPS) is 25.1. The minimum atomic E-state index is -0.729. The van der Waals surface area contributed by atoms with Gasteiger partial charge in [0.2, 0.25) is 0 Å². The maximum Gasteiger partial charge on any atom is 0.320 e. The molecule has 0 aromatic carbocycles. The highest BCUT2D eigenvalue weighted by Crippen LogP contribution is 2.17. The smallest absolute Gasteiger partial charge is 0.320 e. The van der Waals surface area contributed by atoms with E-state index < -0.39 is 5.97 Å². The number of piperidine rings is 2. The zero-order valence-corrected chi connectivity index (χ0v) is 23.1. The van der Waals surface area contributed by atoms with Gasteiger partial charge in [-0.3, -0.25) is 24.2 Å². The zero-order chi connectivity index (χ0) is 26.8. The molecule has 2 rings (SSSR count). The van der Waals surface area contributed by atoms with Crippen LogP contribution in [0.3, 0.4) is 0 Å². The van der Waals surface area contributed by atoms with Gasteiger partial charge in [0.15, 0.2) is 0 Å². The summed E-state index contributed by atoms with van der Waals surface area (Å²) in [6, 6.07) is 0.0872. The molecule has 212 valence electrons. The predicted molar refractivity (Wildman–Crippen MR) is 139 cm³/mol. The molecule has 11 heteroatoms. The Kier molecular flexibility index (Phi) is 17.9. The Balaban J connectivity index is 0.000000369. The third-order valence-corrected chi connectivity index (χ3v) is 6.42. The van der Waals surface area contributed by atoms with Crippen molar-refractivity contribution in [2.75, 3.05) is 47.0 Å². The van der Waals surface area contributed by atoms with Crippen LogP contribution in [-0.2, 0) is 24.1 Å². The van der Waals surface area contributed by atoms with Crippen LogP contribution in [0.25, 0.3) is 0 Å². The molecule has 2 aliphatic rings. The number of amides is 1. The average Bonchev–Trinajstić information content (AvgIpc) is 2.85. The van der Waals surface area contributed by atoms with Crippen molar-refractivity contribution in [3.63, 3.8) is 0 Å². The van der Waals surface area contributed by atoms with Gasteiger partial charge in [0, 0.05) is 25.2 Å². The van der Waals surface area contributed by atoms with E-state index in [4.69, 9.17) is 19.6 Å². The van der Waals surface area contributed by atoms with Gasteiger partial charge in [-0.15, -0.1) is 0 Å². The van der Waals surface area contributed by atoms with Crippen LogP contribution >= 0.6 is 0 Å². The second-order valence-electron chi connectivity index (χ2n) is 9.75. The van der Waals surface area contributed by atoms with E-state index in [1.807, 2.05) is 25.9 Å². The molecule has 0 aromatic rings. The van der Waals surface area contributed by atoms with Crippen LogP contribution in [0.4, 0.5) is 0 Å². The molecule has 0 unspecified atom stereocenters. The van der Waals surface area contributed by atoms with Gasteiger partial charge < -0.3 is 14.8 Å². The summed E-state index contributed by atoms with van der Waals surface area (Å²) in [5, 5.41) is 8.95. The van der Waals surface area contributed by atoms with Gasteiger partial charge in [0.1, 0.15) is 6.04 Å². The van der Waals surface area contributed by atoms with Crippen molar-refractivity contribution < 1.29 is 29.2 Å². The first kappa shape index (κ1) is 32.7. The summed E-state index contributed by atoms with van der Waals surface area (Å²) in [4.78, 5) is 42.6. The van der Waals surface area contributed by atoms with E-state index in [2.05, 4.69) is 35.2 Å². The lowest BCUT2D eigenvalue weighted by molar-refractivity contribution is -0.145. The molecular formula is C25H51N5O6. The van der Waals surface area contributed by atoms with Crippen molar-refractivity contribution in [2.45, 2.75) is 103 Å². The minimum Gasteiger partial charge on any atom is -0.480 e. The number of nitrogens with one attached hydrogen (secondary N) is 3. The minimum absolute atomic E-state index is 0.0497. The lowest BCUT2D eigenvalue weighted by Crippen LogP contribution is -2.54. The largest absolute Gasteiger partial charge is 0.480 e. The fourth-order valence-corrected chi connectivity index (χ4v) is 4.21. The number of hydrogen-bond acceptors (Lipinski definition) is 9. The Labute approximate surface area is 217 Å². The summed E-state index contributed by atoms with van der Waals surface area (Å²) < 4.78 is 0. The number of carbonyl (C=O) groups excluding carboxylic acids is 1. The molecule has 36 heavy (non-hydrogen) atoms. The highest BCUT2D eigenvalue weighted by atomic mass is 16.7. The molecule has 2 aliphatic heterocycles. The topological polar surface area (TPSA) is 125 Å². The summed E-state index contributed by atoms with van der Waals surface area (Å²) in [7, 11) is 3.81. The van der Waals surface area contributed by atoms with Crippen molar-refractivity contribution in [2.24, 2.45) is 0 Å². The molecule has 0 saturated carbocycles. The van der Waals surface area contributed by atoms with Gasteiger partial charge in [0.05, 0.1) is 25.9 Å². The summed E-state index contributed by atoms with van der Waals surface area (Å²) in [6.45, 7) is 9.81. The van der Waals surface area contributed by atoms with Crippen molar-refractivity contribution in [1.29, 1.82) is 0 Å². The van der Waals surface area contributed by atoms with Gasteiger partial charge in [-0.2, -0.15) is 11.0 Å². The lowest BCUT2D eigenvalue weighted by atomic mass is 9.99. The Bertz CT molecular complexity index is 599. The van der Waals surface area contributed by atoms with Gasteiger partial charge in [-0.25, -0.2) is 5.48 Å². The number of likely N-dealkylation sites (N-methyl/N-ethyl adjacent to an activating group) is 2. The predicted octanol–water partition coefficient (Wildman–Crippen LogP) is 2.08. The number of hydroxylamine groups is 3. The van der Waals surface area contributed by atoms with Crippen molar-refractivity contribution in [3.8, 4) is 0 Å². The van der Waals surface area contributed by atoms with E-state index >= 15 is 0 Å². The Morgan fingerprint density at radius 3 is 1.67 bits per heavy atom. The van der Waals surface area contributed by atoms with E-state index in [1.54, 1.807) is 0 Å². The quantitative estimate of drug-likeness (QED) is 0.190. The van der Waals surface area contributed by atoms with Gasteiger partial charge in [-0.1, -0.05) is 33.6 Å². The second-order valence-corrected chi connectivity index (χ2v) is 9.75. The highest BCUT2D eigenvalue weighted by molar-refractivity contribution is 5.80. The van der Waals surface area contributed by atoms with Gasteiger partial charge in [-0.05, 0) is 59.0 Å². The molecule has 0 aromatic heterocycles. The first-order valence-electron chi connectivity index (χ1n) is 13.6. The van der Waals surface area contributed by atoms with E-state index in [0.29, 0.717) is 13.0 Å². The molecule has 2 fully saturated rings. The second kappa shape index (κ2) is 19.7. The molecular weight excluding hydrogens is 466 g/mol. The number of aliphatic carboxylic acids is 1. The molecule has 2 saturated heterocycles. The fourth-order valence-electron chi connectivity index (χ4n) is 4.21. The van der Waals surface area contributed by atoms with Crippen molar-refractivity contribution in [1.82, 2.24) is 26.2 Å². The summed E-state index contributed by atoms with van der Waals surface area (Å²) in [5.41, 5.74) is 8.63. The SMILES string of the molecule is CCCCON[C@@H]1CC[C@@H](C(=O)NOCCC)N(C)C1.CCCCON[C@@H]1CC[C@@H](C(=O)O)N(C)C1. The molecule has 1 amide bonds. The zero-order valence-electron chi connectivity index (χ0n) is 23.1. The first-order valence-corrected chi connectivity index (χ1v) is 13.6. The number of carboxylic acid groups (broad SMARTS) is 1. The number of nitrogens with zero attached hydrogens (tertiary/aromatic N) is 2. The van der Waals surface area contributed by atoms with E-state index in [0.717, 1.165) is 77.7 Å². The lowest BCUT2D eigenvalue weighted by Gasteiger charge is -2.36. The van der Waals surface area contributed by atoms with E-state index in [9.17, 15) is 9.59 Å². The Hall–Kier alpha value is -1.34. The summed E-state index contributed by atoms with van der Waals surface area (Å²) in [6.07, 6.45) is 8.53. The average molecular weight is 518 g/mol. The van der Waals surface area contributed by atoms with Crippen LogP contribution in [0, 0.1) is 0 Å². The molecule has 4 atom stereocenters. The molecule has 0 bridgehead atoms. The number of carboxylic acids is 1. The van der Waals surface area contributed by atoms with Crippen LogP contribution in [-0.4, -0.2) is 98.0 Å². The Morgan fingerprint density at radius 2 is 1.25 bits per heavy atom. The molecule has 2 heterocycles. The fraction of sp³-hybridized carbons (Fsp3) is 0.920. The molecule has 11 nitrogen and oxygen atoms in total. The van der Waals surface area contributed by atoms with Crippen molar-refractivity contribution >= 4 is 11.9 Å². The Morgan fingerprint density at radius 1 is 0.750 bits per heavy atom. The highest BCUT2D eigenvalue weighted by Gasteiger charge is 2.31. The maximum atomic E-state index is 12.0. The van der Waals surface area contributed by atoms with E-state index in [-0.39, 0.29) is 30.1 Å². The van der Waals surface area contributed by atoms with Crippen LogP contribution in [0.1, 0.15) is 78.6 Å². The summed E-state index contributed by atoms with van der Waals surface area (Å²) in [5.74, 6) is -0.779. The third kappa shape index (κ3) is 13.3. The molecule has 4 N–H and O–H groups in total. The molecule has 0 spiro atoms. The molecule has 0 aliphatic carbocycles. The van der Waals surface area contributed by atoms with E-state index in [1.165, 1.54) is 0 Å². The molecule has 0 radical (unpaired) electrons. The van der Waals surface area contributed by atoms with Crippen LogP contribution < -0.4 is 16.4 Å². The third-order valence-electron chi connectivity index (χ3n) is 6.42. The maximum absolute atomic E-state index is 12.0. The van der Waals surface area contributed by atoms with Gasteiger partial charge in [0.25, 0.3) is 5.91 Å². The number of carbonyl (C=O) groups is 2. The van der Waals surface area contributed by atoms with Gasteiger partial charge >= 0.3 is 5.97 Å². The first-order chi connectivity index (χ1) is 17.3. The monoisotopic (exact) mass is 517 g/mol. The summed E-state index contributed by atoms with van der Waals surface area (Å²) >= 11 is 0. The van der Waals surface area contributed by atoms with Crippen LogP contribution in [0.5, 0.6) is 0 Å².